The van der Waals surface area contributed by atoms with E-state index in [0.29, 0.717) is 16.7 Å². The third-order valence-electron chi connectivity index (χ3n) is 1.59. The maximum atomic E-state index is 5.66. The van der Waals surface area contributed by atoms with Crippen molar-refractivity contribution in [2.24, 2.45) is 0 Å². The molecule has 1 heterocycles. The van der Waals surface area contributed by atoms with Crippen LogP contribution in [0.25, 0.3) is 11.0 Å². The minimum Gasteiger partial charge on any atom is -0.398 e. The van der Waals surface area contributed by atoms with Gasteiger partial charge in [0.15, 0.2) is 0 Å². The van der Waals surface area contributed by atoms with Crippen LogP contribution in [0, 0.1) is 0 Å². The number of hydrogen-bond acceptors (Lipinski definition) is 5. The molecule has 0 saturated heterocycles. The highest BCUT2D eigenvalue weighted by atomic mass is 79.9. The van der Waals surface area contributed by atoms with Crippen LogP contribution in [0.15, 0.2) is 16.6 Å². The maximum Gasteiger partial charge on any atom is 0.240 e. The molecule has 1 aromatic heterocycles. The first kappa shape index (κ1) is 8.18. The number of hydrogen-bond donors (Lipinski definition) is 2. The van der Waals surface area contributed by atoms with Crippen LogP contribution in [-0.2, 0) is 0 Å². The fraction of sp³-hybridized carbons (Fsp3) is 0. The van der Waals surface area contributed by atoms with Crippen molar-refractivity contribution in [3.63, 3.8) is 0 Å². The summed E-state index contributed by atoms with van der Waals surface area (Å²) < 4.78 is 0.779. The van der Waals surface area contributed by atoms with Crippen molar-refractivity contribution >= 4 is 38.6 Å². The van der Waals surface area contributed by atoms with Gasteiger partial charge in [0.2, 0.25) is 5.95 Å². The molecule has 0 bridgehead atoms. The van der Waals surface area contributed by atoms with Crippen molar-refractivity contribution in [1.82, 2.24) is 15.2 Å². The van der Waals surface area contributed by atoms with Crippen LogP contribution in [0.4, 0.5) is 11.6 Å². The van der Waals surface area contributed by atoms with Crippen LogP contribution >= 0.6 is 15.9 Å². The van der Waals surface area contributed by atoms with Gasteiger partial charge in [-0.1, -0.05) is 0 Å². The van der Waals surface area contributed by atoms with E-state index in [1.165, 1.54) is 0 Å². The Morgan fingerprint density at radius 3 is 2.62 bits per heavy atom. The number of anilines is 2. The highest BCUT2D eigenvalue weighted by Crippen LogP contribution is 2.23. The zero-order valence-electron chi connectivity index (χ0n) is 6.53. The monoisotopic (exact) mass is 239 g/mol. The Balaban J connectivity index is 2.81. The van der Waals surface area contributed by atoms with E-state index in [9.17, 15) is 0 Å². The molecule has 0 aliphatic carbocycles. The predicted octanol–water partition coefficient (Wildman–Crippen LogP) is 0.952. The van der Waals surface area contributed by atoms with Crippen molar-refractivity contribution in [2.75, 3.05) is 11.5 Å². The predicted molar refractivity (Wildman–Crippen MR) is 53.9 cm³/mol. The van der Waals surface area contributed by atoms with E-state index >= 15 is 0 Å². The van der Waals surface area contributed by atoms with Gasteiger partial charge in [0, 0.05) is 10.2 Å². The summed E-state index contributed by atoms with van der Waals surface area (Å²) in [6.07, 6.45) is 0. The van der Waals surface area contributed by atoms with Gasteiger partial charge in [-0.3, -0.25) is 0 Å². The molecule has 5 nitrogen and oxygen atoms in total. The lowest BCUT2D eigenvalue weighted by molar-refractivity contribution is 1.04. The fourth-order valence-electron chi connectivity index (χ4n) is 0.988. The Morgan fingerprint density at radius 2 is 1.85 bits per heavy atom. The first-order valence-electron chi connectivity index (χ1n) is 3.52. The molecule has 4 N–H and O–H groups in total. The van der Waals surface area contributed by atoms with E-state index < -0.39 is 0 Å². The summed E-state index contributed by atoms with van der Waals surface area (Å²) in [5, 5.41) is 7.49. The normalized spacial score (nSPS) is 10.5. The van der Waals surface area contributed by atoms with E-state index in [1.807, 2.05) is 0 Å². The molecular weight excluding hydrogens is 234 g/mol. The number of nitrogen functional groups attached to an aromatic ring is 2. The van der Waals surface area contributed by atoms with Crippen LogP contribution in [0.2, 0.25) is 0 Å². The van der Waals surface area contributed by atoms with Crippen LogP contribution in [0.1, 0.15) is 0 Å². The second-order valence-electron chi connectivity index (χ2n) is 2.53. The second-order valence-corrected chi connectivity index (χ2v) is 3.39. The van der Waals surface area contributed by atoms with Crippen molar-refractivity contribution < 1.29 is 0 Å². The lowest BCUT2D eigenvalue weighted by atomic mass is 10.3. The third-order valence-corrected chi connectivity index (χ3v) is 2.28. The first-order valence-corrected chi connectivity index (χ1v) is 4.31. The highest BCUT2D eigenvalue weighted by molar-refractivity contribution is 9.10. The Labute approximate surface area is 82.3 Å². The standard InChI is InChI=1S/C7H6BrN5/c8-3-1-6-5(2-4(3)9)11-7(10)13-12-6/h1-2H,9H2,(H2,10,11,13). The molecule has 0 aliphatic heterocycles. The summed E-state index contributed by atoms with van der Waals surface area (Å²) in [5.74, 6) is 0.147. The molecule has 2 aromatic rings. The van der Waals surface area contributed by atoms with E-state index in [1.54, 1.807) is 12.1 Å². The van der Waals surface area contributed by atoms with Crippen molar-refractivity contribution in [2.45, 2.75) is 0 Å². The molecular formula is C7H6BrN5. The minimum atomic E-state index is 0.147. The summed E-state index contributed by atoms with van der Waals surface area (Å²) >= 11 is 3.28. The average Bonchev–Trinajstić information content (AvgIpc) is 2.08. The van der Waals surface area contributed by atoms with E-state index in [2.05, 4.69) is 31.1 Å². The quantitative estimate of drug-likeness (QED) is 0.669. The zero-order valence-corrected chi connectivity index (χ0v) is 8.12. The molecule has 0 saturated carbocycles. The molecule has 1 aromatic carbocycles. The molecule has 13 heavy (non-hydrogen) atoms. The van der Waals surface area contributed by atoms with Crippen molar-refractivity contribution in [3.8, 4) is 0 Å². The fourth-order valence-corrected chi connectivity index (χ4v) is 1.32. The van der Waals surface area contributed by atoms with Gasteiger partial charge in [-0.2, -0.15) is 0 Å². The largest absolute Gasteiger partial charge is 0.398 e. The number of halogens is 1. The van der Waals surface area contributed by atoms with Crippen molar-refractivity contribution in [1.29, 1.82) is 0 Å². The molecule has 0 radical (unpaired) electrons. The number of nitrogens with zero attached hydrogens (tertiary/aromatic N) is 3. The Morgan fingerprint density at radius 1 is 1.08 bits per heavy atom. The molecule has 0 spiro atoms. The summed E-state index contributed by atoms with van der Waals surface area (Å²) in [6.45, 7) is 0. The van der Waals surface area contributed by atoms with E-state index in [-0.39, 0.29) is 5.95 Å². The molecule has 0 atom stereocenters. The van der Waals surface area contributed by atoms with Gasteiger partial charge < -0.3 is 11.5 Å². The Hall–Kier alpha value is -1.43. The number of fused-ring (bicyclic) bond motifs is 1. The molecule has 66 valence electrons. The van der Waals surface area contributed by atoms with Crippen molar-refractivity contribution in [3.05, 3.63) is 16.6 Å². The Bertz CT molecular complexity index is 470. The molecule has 0 fully saturated rings. The molecule has 6 heteroatoms. The number of aromatic nitrogens is 3. The van der Waals surface area contributed by atoms with Crippen LogP contribution in [0.5, 0.6) is 0 Å². The highest BCUT2D eigenvalue weighted by Gasteiger charge is 2.02. The molecule has 0 amide bonds. The SMILES string of the molecule is Nc1nnc2cc(Br)c(N)cc2n1. The van der Waals surface area contributed by atoms with Gasteiger partial charge in [-0.25, -0.2) is 4.98 Å². The molecule has 0 aliphatic rings. The van der Waals surface area contributed by atoms with E-state index in [0.717, 1.165) is 4.47 Å². The maximum absolute atomic E-state index is 5.66. The van der Waals surface area contributed by atoms with Gasteiger partial charge in [0.1, 0.15) is 5.52 Å². The van der Waals surface area contributed by atoms with Gasteiger partial charge in [-0.05, 0) is 28.1 Å². The average molecular weight is 240 g/mol. The summed E-state index contributed by atoms with van der Waals surface area (Å²) in [6, 6.07) is 3.45. The summed E-state index contributed by atoms with van der Waals surface area (Å²) in [4.78, 5) is 3.98. The van der Waals surface area contributed by atoms with Crippen LogP contribution < -0.4 is 11.5 Å². The third kappa shape index (κ3) is 1.40. The zero-order chi connectivity index (χ0) is 9.42. The smallest absolute Gasteiger partial charge is 0.240 e. The van der Waals surface area contributed by atoms with Crippen LogP contribution in [0.3, 0.4) is 0 Å². The number of nitrogens with two attached hydrogens (primary N) is 2. The summed E-state index contributed by atoms with van der Waals surface area (Å²) in [5.41, 5.74) is 12.9. The van der Waals surface area contributed by atoms with Crippen LogP contribution in [-0.4, -0.2) is 15.2 Å². The lowest BCUT2D eigenvalue weighted by Crippen LogP contribution is -1.98. The van der Waals surface area contributed by atoms with Gasteiger partial charge >= 0.3 is 0 Å². The van der Waals surface area contributed by atoms with Gasteiger partial charge in [-0.15, -0.1) is 10.2 Å². The number of rotatable bonds is 0. The van der Waals surface area contributed by atoms with Gasteiger partial charge in [0.25, 0.3) is 0 Å². The Kier molecular flexibility index (Phi) is 1.77. The second kappa shape index (κ2) is 2.81. The summed E-state index contributed by atoms with van der Waals surface area (Å²) in [7, 11) is 0. The lowest BCUT2D eigenvalue weighted by Gasteiger charge is -2.00. The van der Waals surface area contributed by atoms with Gasteiger partial charge in [0.05, 0.1) is 5.52 Å². The van der Waals surface area contributed by atoms with E-state index in [4.69, 9.17) is 11.5 Å². The minimum absolute atomic E-state index is 0.147. The first-order chi connectivity index (χ1) is 6.16. The molecule has 0 unspecified atom stereocenters. The molecule has 2 rings (SSSR count). The topological polar surface area (TPSA) is 90.7 Å². The number of benzene rings is 1.